The molecule has 0 bridgehead atoms. The van der Waals surface area contributed by atoms with Crippen molar-refractivity contribution in [3.8, 4) is 0 Å². The molecule has 0 amide bonds. The Morgan fingerprint density at radius 3 is 2.64 bits per heavy atom. The van der Waals surface area contributed by atoms with Gasteiger partial charge in [0.15, 0.2) is 5.78 Å². The summed E-state index contributed by atoms with van der Waals surface area (Å²) < 4.78 is 10.0. The van der Waals surface area contributed by atoms with Crippen molar-refractivity contribution in [3.05, 3.63) is 0 Å². The zero-order valence-corrected chi connectivity index (χ0v) is 8.56. The fraction of sp³-hybridized carbons (Fsp3) is 0.889. The maximum atomic E-state index is 11.1. The number of methoxy groups -OCH3 is 1. The molecule has 5 nitrogen and oxygen atoms in total. The highest BCUT2D eigenvalue weighted by Gasteiger charge is 2.47. The van der Waals surface area contributed by atoms with E-state index in [1.807, 2.05) is 0 Å². The smallest absolute Gasteiger partial charge is 0.229 e. The third kappa shape index (κ3) is 1.95. The van der Waals surface area contributed by atoms with Gasteiger partial charge in [-0.25, -0.2) is 0 Å². The van der Waals surface area contributed by atoms with E-state index in [9.17, 15) is 15.0 Å². The number of ether oxygens (including phenoxy) is 2. The summed E-state index contributed by atoms with van der Waals surface area (Å²) in [6, 6.07) is 0. The van der Waals surface area contributed by atoms with Gasteiger partial charge in [-0.1, -0.05) is 0 Å². The predicted octanol–water partition coefficient (Wildman–Crippen LogP) is -0.551. The fourth-order valence-electron chi connectivity index (χ4n) is 1.57. The highest BCUT2D eigenvalue weighted by atomic mass is 16.6. The number of Topliss-reactive ketones (excluding diaryl/α,β-unsaturated/α-hetero) is 1. The van der Waals surface area contributed by atoms with Crippen LogP contribution in [0.2, 0.25) is 0 Å². The van der Waals surface area contributed by atoms with Crippen molar-refractivity contribution >= 4 is 5.78 Å². The first kappa shape index (κ1) is 11.6. The Hall–Kier alpha value is -0.490. The molecule has 1 unspecified atom stereocenters. The third-order valence-corrected chi connectivity index (χ3v) is 2.57. The summed E-state index contributed by atoms with van der Waals surface area (Å²) in [4.78, 5) is 11.1. The van der Waals surface area contributed by atoms with E-state index in [-0.39, 0.29) is 6.42 Å². The van der Waals surface area contributed by atoms with Crippen LogP contribution in [-0.4, -0.2) is 47.2 Å². The monoisotopic (exact) mass is 204 g/mol. The Kier molecular flexibility index (Phi) is 3.26. The minimum atomic E-state index is -1.82. The maximum Gasteiger partial charge on any atom is 0.229 e. The van der Waals surface area contributed by atoms with Crippen LogP contribution in [0.25, 0.3) is 0 Å². The lowest BCUT2D eigenvalue weighted by Gasteiger charge is -2.41. The van der Waals surface area contributed by atoms with Crippen LogP contribution in [0.1, 0.15) is 20.3 Å². The minimum absolute atomic E-state index is 0.0374. The van der Waals surface area contributed by atoms with Crippen molar-refractivity contribution < 1.29 is 24.5 Å². The molecule has 1 aliphatic rings. The third-order valence-electron chi connectivity index (χ3n) is 2.57. The van der Waals surface area contributed by atoms with E-state index >= 15 is 0 Å². The van der Waals surface area contributed by atoms with E-state index in [0.29, 0.717) is 0 Å². The molecule has 1 rings (SSSR count). The van der Waals surface area contributed by atoms with Crippen LogP contribution >= 0.6 is 0 Å². The molecular weight excluding hydrogens is 188 g/mol. The van der Waals surface area contributed by atoms with E-state index in [1.165, 1.54) is 14.0 Å². The van der Waals surface area contributed by atoms with Crippen LogP contribution in [0.3, 0.4) is 0 Å². The number of aliphatic hydroxyl groups excluding tert-OH is 1. The van der Waals surface area contributed by atoms with Crippen molar-refractivity contribution in [1.29, 1.82) is 0 Å². The molecule has 4 atom stereocenters. The molecule has 5 heteroatoms. The summed E-state index contributed by atoms with van der Waals surface area (Å²) in [7, 11) is 1.42. The molecule has 0 aromatic heterocycles. The van der Waals surface area contributed by atoms with Crippen LogP contribution in [0.5, 0.6) is 0 Å². The number of ketones is 1. The van der Waals surface area contributed by atoms with Gasteiger partial charge in [0.25, 0.3) is 0 Å². The second kappa shape index (κ2) is 3.94. The fourth-order valence-corrected chi connectivity index (χ4v) is 1.57. The summed E-state index contributed by atoms with van der Waals surface area (Å²) in [6.07, 6.45) is -2.06. The molecule has 82 valence electrons. The second-order valence-corrected chi connectivity index (χ2v) is 3.63. The average Bonchev–Trinajstić information content (AvgIpc) is 2.11. The normalized spacial score (nSPS) is 43.6. The SMILES string of the molecule is CO[C@H]1CC(O)(C(C)=O)O[C@@H](C)[C@@H]1O. The molecule has 0 aliphatic carbocycles. The van der Waals surface area contributed by atoms with Crippen LogP contribution < -0.4 is 0 Å². The quantitative estimate of drug-likeness (QED) is 0.631. The maximum absolute atomic E-state index is 11.1. The predicted molar refractivity (Wildman–Crippen MR) is 47.6 cm³/mol. The Morgan fingerprint density at radius 1 is 1.64 bits per heavy atom. The van der Waals surface area contributed by atoms with Crippen LogP contribution in [0.15, 0.2) is 0 Å². The summed E-state index contributed by atoms with van der Waals surface area (Å²) in [5.74, 6) is -2.29. The standard InChI is InChI=1S/C9H16O5/c1-5-8(11)7(13-3)4-9(12,14-5)6(2)10/h5,7-8,11-12H,4H2,1-3H3/t5-,7-,8-,9?/m0/s1. The molecule has 1 aliphatic heterocycles. The number of rotatable bonds is 2. The van der Waals surface area contributed by atoms with Crippen LogP contribution in [0.4, 0.5) is 0 Å². The van der Waals surface area contributed by atoms with Crippen molar-refractivity contribution in [2.24, 2.45) is 0 Å². The zero-order valence-electron chi connectivity index (χ0n) is 8.56. The summed E-state index contributed by atoms with van der Waals surface area (Å²) in [5.41, 5.74) is 0. The average molecular weight is 204 g/mol. The minimum Gasteiger partial charge on any atom is -0.388 e. The van der Waals surface area contributed by atoms with Gasteiger partial charge in [0.2, 0.25) is 5.79 Å². The number of carbonyl (C=O) groups is 1. The first-order chi connectivity index (χ1) is 6.40. The van der Waals surface area contributed by atoms with E-state index < -0.39 is 29.9 Å². The number of hydrogen-bond donors (Lipinski definition) is 2. The molecular formula is C9H16O5. The molecule has 0 spiro atoms. The van der Waals surface area contributed by atoms with E-state index in [4.69, 9.17) is 9.47 Å². The number of aliphatic hydroxyl groups is 2. The lowest BCUT2D eigenvalue weighted by molar-refractivity contribution is -0.282. The molecule has 14 heavy (non-hydrogen) atoms. The van der Waals surface area contributed by atoms with Gasteiger partial charge in [0.05, 0.1) is 12.2 Å². The summed E-state index contributed by atoms with van der Waals surface area (Å²) >= 11 is 0. The number of carbonyl (C=O) groups excluding carboxylic acids is 1. The van der Waals surface area contributed by atoms with Crippen LogP contribution in [-0.2, 0) is 14.3 Å². The Labute approximate surface area is 82.6 Å². The molecule has 1 heterocycles. The largest absolute Gasteiger partial charge is 0.388 e. The molecule has 2 N–H and O–H groups in total. The van der Waals surface area contributed by atoms with Crippen LogP contribution in [0, 0.1) is 0 Å². The van der Waals surface area contributed by atoms with E-state index in [0.717, 1.165) is 0 Å². The highest BCUT2D eigenvalue weighted by molar-refractivity contribution is 5.83. The molecule has 0 saturated carbocycles. The molecule has 1 fully saturated rings. The zero-order chi connectivity index (χ0) is 10.9. The van der Waals surface area contributed by atoms with Crippen molar-refractivity contribution in [2.45, 2.75) is 44.4 Å². The van der Waals surface area contributed by atoms with Gasteiger partial charge < -0.3 is 19.7 Å². The van der Waals surface area contributed by atoms with Gasteiger partial charge >= 0.3 is 0 Å². The second-order valence-electron chi connectivity index (χ2n) is 3.63. The van der Waals surface area contributed by atoms with E-state index in [2.05, 4.69) is 0 Å². The van der Waals surface area contributed by atoms with Gasteiger partial charge in [0, 0.05) is 20.5 Å². The van der Waals surface area contributed by atoms with E-state index in [1.54, 1.807) is 6.92 Å². The van der Waals surface area contributed by atoms with Gasteiger partial charge in [0.1, 0.15) is 6.10 Å². The van der Waals surface area contributed by atoms with Crippen molar-refractivity contribution in [3.63, 3.8) is 0 Å². The van der Waals surface area contributed by atoms with Gasteiger partial charge in [-0.3, -0.25) is 4.79 Å². The number of hydrogen-bond acceptors (Lipinski definition) is 5. The lowest BCUT2D eigenvalue weighted by atomic mass is 9.94. The lowest BCUT2D eigenvalue weighted by Crippen LogP contribution is -2.57. The van der Waals surface area contributed by atoms with Crippen molar-refractivity contribution in [2.75, 3.05) is 7.11 Å². The van der Waals surface area contributed by atoms with Gasteiger partial charge in [-0.15, -0.1) is 0 Å². The molecule has 0 radical (unpaired) electrons. The molecule has 0 aromatic carbocycles. The first-order valence-electron chi connectivity index (χ1n) is 4.53. The Balaban J connectivity index is 2.81. The Morgan fingerprint density at radius 2 is 2.21 bits per heavy atom. The molecule has 1 saturated heterocycles. The first-order valence-corrected chi connectivity index (χ1v) is 4.53. The topological polar surface area (TPSA) is 76.0 Å². The summed E-state index contributed by atoms with van der Waals surface area (Å²) in [6.45, 7) is 2.83. The van der Waals surface area contributed by atoms with Crippen molar-refractivity contribution in [1.82, 2.24) is 0 Å². The van der Waals surface area contributed by atoms with Gasteiger partial charge in [-0.05, 0) is 6.92 Å². The summed E-state index contributed by atoms with van der Waals surface area (Å²) in [5, 5.41) is 19.4. The molecule has 0 aromatic rings. The Bertz CT molecular complexity index is 229. The highest BCUT2D eigenvalue weighted by Crippen LogP contribution is 2.29. The van der Waals surface area contributed by atoms with Gasteiger partial charge in [-0.2, -0.15) is 0 Å².